The molecule has 0 rings (SSSR count). The first-order valence-corrected chi connectivity index (χ1v) is 4.12. The Morgan fingerprint density at radius 2 is 0.818 bits per heavy atom. The molecule has 0 unspecified atom stereocenters. The number of allylic oxidation sites excluding steroid dienone is 2. The molecule has 0 aromatic carbocycles. The molecule has 0 bridgehead atoms. The van der Waals surface area contributed by atoms with Crippen LogP contribution in [-0.2, 0) is 0 Å². The highest BCUT2D eigenvalue weighted by molar-refractivity contribution is 4.79. The minimum absolute atomic E-state index is 1.17. The number of hydrogen-bond acceptors (Lipinski definition) is 0. The van der Waals surface area contributed by atoms with Crippen LogP contribution in [0.3, 0.4) is 0 Å². The van der Waals surface area contributed by atoms with Crippen LogP contribution in [0.5, 0.6) is 0 Å². The SMILES string of the molecule is C=C(C)C.C=C(C)C.CCC. The van der Waals surface area contributed by atoms with Crippen LogP contribution in [0.2, 0.25) is 0 Å². The van der Waals surface area contributed by atoms with Crippen LogP contribution in [-0.4, -0.2) is 0 Å². The molecule has 0 N–H and O–H groups in total. The topological polar surface area (TPSA) is 0 Å². The smallest absolute Gasteiger partial charge is 0.0445 e. The third kappa shape index (κ3) is 1960. The first kappa shape index (κ1) is 16.8. The molecule has 0 spiro atoms. The fraction of sp³-hybridized carbons (Fsp3) is 0.636. The van der Waals surface area contributed by atoms with Gasteiger partial charge in [-0.1, -0.05) is 31.4 Å². The normalized spacial score (nSPS) is 6.36. The van der Waals surface area contributed by atoms with Crippen LogP contribution in [0.15, 0.2) is 24.3 Å². The van der Waals surface area contributed by atoms with E-state index in [2.05, 4.69) is 27.0 Å². The molecule has 0 radical (unpaired) electrons. The van der Waals surface area contributed by atoms with Crippen molar-refractivity contribution in [2.24, 2.45) is 0 Å². The van der Waals surface area contributed by atoms with Gasteiger partial charge < -0.3 is 0 Å². The van der Waals surface area contributed by atoms with Crippen molar-refractivity contribution in [3.05, 3.63) is 24.3 Å². The van der Waals surface area contributed by atoms with E-state index in [0.29, 0.717) is 0 Å². The van der Waals surface area contributed by atoms with Crippen LogP contribution >= 0.6 is 0 Å². The summed E-state index contributed by atoms with van der Waals surface area (Å²) >= 11 is 0. The van der Waals surface area contributed by atoms with Crippen molar-refractivity contribution >= 4 is 0 Å². The van der Waals surface area contributed by atoms with Crippen LogP contribution in [0, 0.1) is 0 Å². The maximum absolute atomic E-state index is 3.56. The lowest BCUT2D eigenvalue weighted by atomic mass is 10.4. The Labute approximate surface area is 73.0 Å². The Kier molecular flexibility index (Phi) is 24.8. The maximum atomic E-state index is 3.56. The van der Waals surface area contributed by atoms with E-state index in [1.165, 1.54) is 17.6 Å². The van der Waals surface area contributed by atoms with Gasteiger partial charge in [0.25, 0.3) is 0 Å². The van der Waals surface area contributed by atoms with Crippen molar-refractivity contribution in [2.45, 2.75) is 48.0 Å². The van der Waals surface area contributed by atoms with Gasteiger partial charge >= 0.3 is 0 Å². The molecule has 0 aliphatic rings. The van der Waals surface area contributed by atoms with E-state index >= 15 is 0 Å². The second-order valence-corrected chi connectivity index (χ2v) is 3.12. The number of hydrogen-bond donors (Lipinski definition) is 0. The molecule has 0 aliphatic carbocycles. The molecule has 68 valence electrons. The van der Waals surface area contributed by atoms with E-state index in [4.69, 9.17) is 0 Å². The molecule has 0 saturated heterocycles. The Morgan fingerprint density at radius 3 is 0.818 bits per heavy atom. The first-order chi connectivity index (χ1) is 4.88. The van der Waals surface area contributed by atoms with Gasteiger partial charge in [-0.2, -0.15) is 0 Å². The van der Waals surface area contributed by atoms with Gasteiger partial charge in [-0.3, -0.25) is 0 Å². The molecule has 0 heteroatoms. The molecule has 0 atom stereocenters. The average Bonchev–Trinajstić information content (AvgIpc) is 1.60. The van der Waals surface area contributed by atoms with E-state index in [1.54, 1.807) is 0 Å². The summed E-state index contributed by atoms with van der Waals surface area (Å²) in [6.07, 6.45) is 1.25. The summed E-state index contributed by atoms with van der Waals surface area (Å²) in [7, 11) is 0. The zero-order chi connectivity index (χ0) is 9.86. The van der Waals surface area contributed by atoms with Gasteiger partial charge in [-0.25, -0.2) is 0 Å². The Balaban J connectivity index is -0.0000000886. The molecule has 0 aromatic rings. The molecule has 0 heterocycles. The lowest BCUT2D eigenvalue weighted by Crippen LogP contribution is -1.43. The van der Waals surface area contributed by atoms with Crippen LogP contribution in [0.25, 0.3) is 0 Å². The molecular formula is C11H24. The van der Waals surface area contributed by atoms with Crippen molar-refractivity contribution in [3.8, 4) is 0 Å². The fourth-order valence-electron chi connectivity index (χ4n) is 0. The molecule has 0 nitrogen and oxygen atoms in total. The minimum Gasteiger partial charge on any atom is -0.100 e. The van der Waals surface area contributed by atoms with Crippen molar-refractivity contribution in [1.29, 1.82) is 0 Å². The van der Waals surface area contributed by atoms with E-state index in [1.807, 2.05) is 27.7 Å². The Morgan fingerprint density at radius 1 is 0.818 bits per heavy atom. The van der Waals surface area contributed by atoms with Crippen LogP contribution in [0.4, 0.5) is 0 Å². The lowest BCUT2D eigenvalue weighted by molar-refractivity contribution is 1.09. The Hall–Kier alpha value is -0.520. The highest BCUT2D eigenvalue weighted by Crippen LogP contribution is 1.74. The molecule has 11 heavy (non-hydrogen) atoms. The van der Waals surface area contributed by atoms with Crippen molar-refractivity contribution in [2.75, 3.05) is 0 Å². The zero-order valence-electron chi connectivity index (χ0n) is 9.12. The highest BCUT2D eigenvalue weighted by atomic mass is 13.6. The second kappa shape index (κ2) is 16.2. The lowest BCUT2D eigenvalue weighted by Gasteiger charge is -1.65. The summed E-state index contributed by atoms with van der Waals surface area (Å²) in [5, 5.41) is 0. The monoisotopic (exact) mass is 156 g/mol. The summed E-state index contributed by atoms with van der Waals surface area (Å²) in [5.41, 5.74) is 2.33. The fourth-order valence-corrected chi connectivity index (χ4v) is 0. The van der Waals surface area contributed by atoms with Gasteiger partial charge in [0.05, 0.1) is 0 Å². The minimum atomic E-state index is 1.17. The van der Waals surface area contributed by atoms with Gasteiger partial charge in [0.1, 0.15) is 0 Å². The first-order valence-electron chi connectivity index (χ1n) is 4.12. The molecule has 0 aromatic heterocycles. The van der Waals surface area contributed by atoms with E-state index in [0.717, 1.165) is 0 Å². The predicted molar refractivity (Wildman–Crippen MR) is 56.9 cm³/mol. The molecule has 0 saturated carbocycles. The van der Waals surface area contributed by atoms with E-state index < -0.39 is 0 Å². The average molecular weight is 156 g/mol. The quantitative estimate of drug-likeness (QED) is 0.450. The molecule has 0 fully saturated rings. The van der Waals surface area contributed by atoms with Gasteiger partial charge in [-0.15, -0.1) is 13.2 Å². The Bertz CT molecular complexity index is 68.2. The van der Waals surface area contributed by atoms with Gasteiger partial charge in [0.15, 0.2) is 0 Å². The van der Waals surface area contributed by atoms with Gasteiger partial charge in [-0.05, 0) is 27.7 Å². The molecule has 0 amide bonds. The molecule has 0 aliphatic heterocycles. The van der Waals surface area contributed by atoms with E-state index in [-0.39, 0.29) is 0 Å². The zero-order valence-corrected chi connectivity index (χ0v) is 9.12. The second-order valence-electron chi connectivity index (χ2n) is 3.12. The van der Waals surface area contributed by atoms with Crippen LogP contribution < -0.4 is 0 Å². The van der Waals surface area contributed by atoms with Gasteiger partial charge in [0.2, 0.25) is 0 Å². The summed E-state index contributed by atoms with van der Waals surface area (Å²) in [4.78, 5) is 0. The predicted octanol–water partition coefficient (Wildman–Crippen LogP) is 4.58. The van der Waals surface area contributed by atoms with Crippen LogP contribution in [0.1, 0.15) is 48.0 Å². The third-order valence-corrected chi connectivity index (χ3v) is 0. The maximum Gasteiger partial charge on any atom is -0.0445 e. The summed E-state index contributed by atoms with van der Waals surface area (Å²) in [6, 6.07) is 0. The van der Waals surface area contributed by atoms with Gasteiger partial charge in [0, 0.05) is 0 Å². The summed E-state index contributed by atoms with van der Waals surface area (Å²) in [6.45, 7) is 19.2. The molecular weight excluding hydrogens is 132 g/mol. The highest BCUT2D eigenvalue weighted by Gasteiger charge is 1.52. The summed E-state index contributed by atoms with van der Waals surface area (Å²) < 4.78 is 0. The largest absolute Gasteiger partial charge is 0.100 e. The summed E-state index contributed by atoms with van der Waals surface area (Å²) in [5.74, 6) is 0. The van der Waals surface area contributed by atoms with Crippen molar-refractivity contribution in [1.82, 2.24) is 0 Å². The standard InChI is InChI=1S/2C4H8.C3H8/c2*1-4(2)3;1-3-2/h2*1H2,2-3H3;3H2,1-2H3. The third-order valence-electron chi connectivity index (χ3n) is 0. The number of rotatable bonds is 0. The van der Waals surface area contributed by atoms with E-state index in [9.17, 15) is 0 Å². The van der Waals surface area contributed by atoms with Crippen molar-refractivity contribution in [3.63, 3.8) is 0 Å². The van der Waals surface area contributed by atoms with Crippen molar-refractivity contribution < 1.29 is 0 Å².